The molecule has 0 N–H and O–H groups in total. The summed E-state index contributed by atoms with van der Waals surface area (Å²) in [5.41, 5.74) is 0. The zero-order chi connectivity index (χ0) is 15.5. The predicted molar refractivity (Wildman–Crippen MR) is 83.0 cm³/mol. The largest absolute Gasteiger partial charge is 0.425 e. The Morgan fingerprint density at radius 3 is 2.10 bits per heavy atom. The van der Waals surface area contributed by atoms with Crippen LogP contribution in [0, 0.1) is 6.92 Å². The van der Waals surface area contributed by atoms with Gasteiger partial charge in [0.15, 0.2) is 5.89 Å². The fourth-order valence-corrected chi connectivity index (χ4v) is 1.74. The molecule has 0 unspecified atom stereocenters. The predicted octanol–water partition coefficient (Wildman–Crippen LogP) is 3.09. The van der Waals surface area contributed by atoms with E-state index in [1.165, 1.54) is 6.42 Å². The van der Waals surface area contributed by atoms with E-state index in [-0.39, 0.29) is 5.91 Å². The highest BCUT2D eigenvalue weighted by Gasteiger charge is 2.20. The van der Waals surface area contributed by atoms with E-state index in [0.717, 1.165) is 32.1 Å². The normalized spacial score (nSPS) is 13.9. The molecule has 0 radical (unpaired) electrons. The molecule has 0 aliphatic carbocycles. The van der Waals surface area contributed by atoms with Crippen molar-refractivity contribution >= 4 is 11.8 Å². The maximum absolute atomic E-state index is 11.1. The summed E-state index contributed by atoms with van der Waals surface area (Å²) in [6.45, 7) is 14.8. The van der Waals surface area contributed by atoms with Crippen molar-refractivity contribution < 1.29 is 9.21 Å². The topological polar surface area (TPSA) is 49.6 Å². The van der Waals surface area contributed by atoms with Crippen LogP contribution in [0.2, 0.25) is 0 Å². The number of carbonyl (C=O) groups is 1. The molecule has 1 aromatic rings. The molecule has 5 nitrogen and oxygen atoms in total. The second-order valence-electron chi connectivity index (χ2n) is 4.42. The van der Waals surface area contributed by atoms with Gasteiger partial charge in [-0.2, -0.15) is 0 Å². The smallest absolute Gasteiger partial charge is 0.219 e. The van der Waals surface area contributed by atoms with Crippen LogP contribution in [0.1, 0.15) is 46.9 Å². The standard InChI is InChI=1S/C10H15N3O2.C3H8.C2H6/c1-8-11-7-10(15-8)13-5-3-12(4-6-13)9(2)14;1-3-2;1-2/h7H,3-6H2,1-2H3;3H2,1-2H3;1-2H3. The third-order valence-electron chi connectivity index (χ3n) is 2.65. The molecule has 5 heteroatoms. The number of amides is 1. The van der Waals surface area contributed by atoms with Gasteiger partial charge in [0.05, 0.1) is 6.20 Å². The van der Waals surface area contributed by atoms with Gasteiger partial charge >= 0.3 is 0 Å². The summed E-state index contributed by atoms with van der Waals surface area (Å²) >= 11 is 0. The number of aryl methyl sites for hydroxylation is 1. The molecule has 0 saturated carbocycles. The number of hydrogen-bond donors (Lipinski definition) is 0. The molecular weight excluding hydrogens is 254 g/mol. The Hall–Kier alpha value is -1.52. The summed E-state index contributed by atoms with van der Waals surface area (Å²) in [4.78, 5) is 19.1. The average molecular weight is 283 g/mol. The van der Waals surface area contributed by atoms with Crippen LogP contribution in [0.4, 0.5) is 5.88 Å². The average Bonchev–Trinajstić information content (AvgIpc) is 2.89. The van der Waals surface area contributed by atoms with Gasteiger partial charge in [-0.3, -0.25) is 4.79 Å². The van der Waals surface area contributed by atoms with Crippen molar-refractivity contribution in [2.24, 2.45) is 0 Å². The quantitative estimate of drug-likeness (QED) is 0.794. The zero-order valence-corrected chi connectivity index (χ0v) is 13.8. The fraction of sp³-hybridized carbons (Fsp3) is 0.733. The number of aromatic nitrogens is 1. The highest BCUT2D eigenvalue weighted by atomic mass is 16.4. The highest BCUT2D eigenvalue weighted by Crippen LogP contribution is 2.17. The Balaban J connectivity index is 0.000000641. The van der Waals surface area contributed by atoms with Crippen LogP contribution >= 0.6 is 0 Å². The number of nitrogens with zero attached hydrogens (tertiary/aromatic N) is 3. The Labute approximate surface area is 123 Å². The van der Waals surface area contributed by atoms with Crippen LogP contribution in [0.15, 0.2) is 10.6 Å². The highest BCUT2D eigenvalue weighted by molar-refractivity contribution is 5.73. The lowest BCUT2D eigenvalue weighted by molar-refractivity contribution is -0.129. The molecule has 1 saturated heterocycles. The van der Waals surface area contributed by atoms with E-state index in [2.05, 4.69) is 23.7 Å². The van der Waals surface area contributed by atoms with Crippen molar-refractivity contribution in [3.05, 3.63) is 12.1 Å². The number of hydrogen-bond acceptors (Lipinski definition) is 4. The van der Waals surface area contributed by atoms with E-state index in [9.17, 15) is 4.79 Å². The van der Waals surface area contributed by atoms with Crippen molar-refractivity contribution in [3.8, 4) is 0 Å². The van der Waals surface area contributed by atoms with Crippen molar-refractivity contribution in [2.75, 3.05) is 31.1 Å². The molecule has 1 fully saturated rings. The molecule has 2 heterocycles. The van der Waals surface area contributed by atoms with Gasteiger partial charge in [-0.15, -0.1) is 0 Å². The minimum absolute atomic E-state index is 0.142. The van der Waals surface area contributed by atoms with Gasteiger partial charge in [0.2, 0.25) is 11.8 Å². The molecule has 1 amide bonds. The molecule has 1 aliphatic heterocycles. The zero-order valence-electron chi connectivity index (χ0n) is 13.8. The van der Waals surface area contributed by atoms with Crippen LogP contribution in [-0.2, 0) is 4.79 Å². The van der Waals surface area contributed by atoms with Crippen LogP contribution in [0.5, 0.6) is 0 Å². The molecule has 2 rings (SSSR count). The van der Waals surface area contributed by atoms with E-state index >= 15 is 0 Å². The van der Waals surface area contributed by atoms with E-state index in [1.54, 1.807) is 13.1 Å². The second kappa shape index (κ2) is 10.3. The molecule has 1 aliphatic rings. The summed E-state index contributed by atoms with van der Waals surface area (Å²) in [6, 6.07) is 0. The molecule has 0 spiro atoms. The van der Waals surface area contributed by atoms with Crippen LogP contribution < -0.4 is 4.90 Å². The third kappa shape index (κ3) is 6.08. The maximum atomic E-state index is 11.1. The molecule has 0 bridgehead atoms. The first-order valence-corrected chi connectivity index (χ1v) is 7.51. The summed E-state index contributed by atoms with van der Waals surface area (Å²) in [7, 11) is 0. The molecule has 116 valence electrons. The minimum Gasteiger partial charge on any atom is -0.425 e. The molecule has 0 atom stereocenters. The first kappa shape index (κ1) is 18.5. The van der Waals surface area contributed by atoms with Gasteiger partial charge < -0.3 is 14.2 Å². The summed E-state index contributed by atoms with van der Waals surface area (Å²) in [5.74, 6) is 1.62. The third-order valence-corrected chi connectivity index (χ3v) is 2.65. The first-order valence-electron chi connectivity index (χ1n) is 7.51. The molecule has 1 aromatic heterocycles. The van der Waals surface area contributed by atoms with Gasteiger partial charge in [-0.1, -0.05) is 34.1 Å². The summed E-state index contributed by atoms with van der Waals surface area (Å²) < 4.78 is 5.43. The van der Waals surface area contributed by atoms with Gasteiger partial charge in [0, 0.05) is 40.0 Å². The first-order chi connectivity index (χ1) is 9.58. The number of anilines is 1. The van der Waals surface area contributed by atoms with Crippen molar-refractivity contribution in [2.45, 2.75) is 48.0 Å². The van der Waals surface area contributed by atoms with Gasteiger partial charge in [-0.25, -0.2) is 4.98 Å². The number of piperazine rings is 1. The van der Waals surface area contributed by atoms with Crippen LogP contribution in [-0.4, -0.2) is 42.0 Å². The lowest BCUT2D eigenvalue weighted by Crippen LogP contribution is -2.48. The molecular formula is C15H29N3O2. The summed E-state index contributed by atoms with van der Waals surface area (Å²) in [6.07, 6.45) is 2.98. The number of oxazole rings is 1. The van der Waals surface area contributed by atoms with E-state index < -0.39 is 0 Å². The van der Waals surface area contributed by atoms with Gasteiger partial charge in [0.25, 0.3) is 0 Å². The van der Waals surface area contributed by atoms with E-state index in [0.29, 0.717) is 5.89 Å². The van der Waals surface area contributed by atoms with Crippen LogP contribution in [0.3, 0.4) is 0 Å². The molecule has 0 aromatic carbocycles. The van der Waals surface area contributed by atoms with E-state index in [1.807, 2.05) is 25.7 Å². The Morgan fingerprint density at radius 1 is 1.25 bits per heavy atom. The summed E-state index contributed by atoms with van der Waals surface area (Å²) in [5, 5.41) is 0. The Bertz CT molecular complexity index is 369. The van der Waals surface area contributed by atoms with Crippen molar-refractivity contribution in [1.82, 2.24) is 9.88 Å². The number of carbonyl (C=O) groups excluding carboxylic acids is 1. The Kier molecular flexibility index (Phi) is 9.51. The van der Waals surface area contributed by atoms with Crippen molar-refractivity contribution in [3.63, 3.8) is 0 Å². The van der Waals surface area contributed by atoms with Gasteiger partial charge in [0.1, 0.15) is 0 Å². The van der Waals surface area contributed by atoms with Crippen molar-refractivity contribution in [1.29, 1.82) is 0 Å². The fourth-order valence-electron chi connectivity index (χ4n) is 1.74. The monoisotopic (exact) mass is 283 g/mol. The van der Waals surface area contributed by atoms with Gasteiger partial charge in [-0.05, 0) is 0 Å². The van der Waals surface area contributed by atoms with E-state index in [4.69, 9.17) is 4.42 Å². The second-order valence-corrected chi connectivity index (χ2v) is 4.42. The number of rotatable bonds is 1. The molecule has 20 heavy (non-hydrogen) atoms. The Morgan fingerprint density at radius 2 is 1.75 bits per heavy atom. The minimum atomic E-state index is 0.142. The SMILES string of the molecule is CC.CC(=O)N1CCN(c2cnc(C)o2)CC1.CCC. The lowest BCUT2D eigenvalue weighted by Gasteiger charge is -2.33. The lowest BCUT2D eigenvalue weighted by atomic mass is 10.3. The van der Waals surface area contributed by atoms with Crippen LogP contribution in [0.25, 0.3) is 0 Å². The maximum Gasteiger partial charge on any atom is 0.219 e.